The van der Waals surface area contributed by atoms with Gasteiger partial charge in [0, 0.05) is 6.54 Å². The Balaban J connectivity index is 4.94. The van der Waals surface area contributed by atoms with Crippen LogP contribution in [0.15, 0.2) is 0 Å². The zero-order chi connectivity index (χ0) is 14.6. The molecule has 1 amide bonds. The highest BCUT2D eigenvalue weighted by atomic mass is 16.2. The van der Waals surface area contributed by atoms with Crippen LogP contribution in [0.4, 0.5) is 0 Å². The SMILES string of the molecule is CC(C)(C)CC(C)(C(=O)NCCCN)C(C)(C)C. The number of amides is 1. The first kappa shape index (κ1) is 17.4. The average molecular weight is 256 g/mol. The Hall–Kier alpha value is -0.570. The van der Waals surface area contributed by atoms with Gasteiger partial charge in [0.2, 0.25) is 5.91 Å². The second-order valence-electron chi connectivity index (χ2n) is 7.72. The second-order valence-corrected chi connectivity index (χ2v) is 7.72. The minimum atomic E-state index is -0.361. The Morgan fingerprint density at radius 2 is 1.56 bits per heavy atom. The van der Waals surface area contributed by atoms with Crippen molar-refractivity contribution in [1.29, 1.82) is 0 Å². The quantitative estimate of drug-likeness (QED) is 0.743. The summed E-state index contributed by atoms with van der Waals surface area (Å²) in [5, 5.41) is 3.03. The molecule has 0 spiro atoms. The van der Waals surface area contributed by atoms with Crippen molar-refractivity contribution in [2.45, 2.75) is 61.3 Å². The minimum absolute atomic E-state index is 0.0624. The largest absolute Gasteiger partial charge is 0.356 e. The van der Waals surface area contributed by atoms with Crippen LogP contribution in [0.5, 0.6) is 0 Å². The first-order valence-corrected chi connectivity index (χ1v) is 6.92. The Labute approximate surface area is 113 Å². The molecule has 0 aromatic heterocycles. The highest BCUT2D eigenvalue weighted by Gasteiger charge is 2.46. The fourth-order valence-electron chi connectivity index (χ4n) is 2.25. The molecule has 0 saturated carbocycles. The molecule has 18 heavy (non-hydrogen) atoms. The van der Waals surface area contributed by atoms with E-state index in [4.69, 9.17) is 5.73 Å². The molecular formula is C15H32N2O. The number of nitrogens with two attached hydrogens (primary N) is 1. The molecule has 0 heterocycles. The van der Waals surface area contributed by atoms with Crippen LogP contribution in [0, 0.1) is 16.2 Å². The zero-order valence-electron chi connectivity index (χ0n) is 13.3. The highest BCUT2D eigenvalue weighted by molar-refractivity contribution is 5.83. The van der Waals surface area contributed by atoms with E-state index in [1.165, 1.54) is 0 Å². The molecule has 1 atom stereocenters. The molecule has 0 rings (SSSR count). The smallest absolute Gasteiger partial charge is 0.226 e. The summed E-state index contributed by atoms with van der Waals surface area (Å²) in [6.07, 6.45) is 1.71. The van der Waals surface area contributed by atoms with Gasteiger partial charge in [0.25, 0.3) is 0 Å². The van der Waals surface area contributed by atoms with Crippen molar-refractivity contribution < 1.29 is 4.79 Å². The second kappa shape index (κ2) is 6.05. The van der Waals surface area contributed by atoms with Crippen LogP contribution in [0.25, 0.3) is 0 Å². The number of carbonyl (C=O) groups excluding carboxylic acids is 1. The molecule has 108 valence electrons. The van der Waals surface area contributed by atoms with Gasteiger partial charge in [0.15, 0.2) is 0 Å². The third-order valence-electron chi connectivity index (χ3n) is 3.71. The van der Waals surface area contributed by atoms with Crippen molar-refractivity contribution in [2.24, 2.45) is 22.0 Å². The number of hydrogen-bond donors (Lipinski definition) is 2. The summed E-state index contributed by atoms with van der Waals surface area (Å²) in [6.45, 7) is 16.3. The van der Waals surface area contributed by atoms with Gasteiger partial charge < -0.3 is 11.1 Å². The number of rotatable bonds is 5. The lowest BCUT2D eigenvalue weighted by molar-refractivity contribution is -0.138. The average Bonchev–Trinajstić information content (AvgIpc) is 2.13. The van der Waals surface area contributed by atoms with Crippen molar-refractivity contribution >= 4 is 5.91 Å². The van der Waals surface area contributed by atoms with Crippen LogP contribution in [-0.2, 0) is 4.79 Å². The van der Waals surface area contributed by atoms with E-state index < -0.39 is 0 Å². The number of hydrogen-bond acceptors (Lipinski definition) is 2. The first-order chi connectivity index (χ1) is 7.94. The Morgan fingerprint density at radius 3 is 1.89 bits per heavy atom. The molecule has 0 aromatic carbocycles. The molecule has 0 saturated heterocycles. The van der Waals surface area contributed by atoms with E-state index in [9.17, 15) is 4.79 Å². The van der Waals surface area contributed by atoms with E-state index in [2.05, 4.69) is 53.8 Å². The summed E-state index contributed by atoms with van der Waals surface area (Å²) in [6, 6.07) is 0. The van der Waals surface area contributed by atoms with Gasteiger partial charge in [-0.3, -0.25) is 4.79 Å². The zero-order valence-corrected chi connectivity index (χ0v) is 13.3. The molecule has 0 aliphatic rings. The standard InChI is InChI=1S/C15H32N2O/c1-13(2,3)11-15(7,14(4,5)6)12(18)17-10-8-9-16/h8-11,16H2,1-7H3,(H,17,18). The maximum atomic E-state index is 12.5. The highest BCUT2D eigenvalue weighted by Crippen LogP contribution is 2.46. The lowest BCUT2D eigenvalue weighted by atomic mass is 9.61. The van der Waals surface area contributed by atoms with Crippen molar-refractivity contribution in [3.05, 3.63) is 0 Å². The fourth-order valence-corrected chi connectivity index (χ4v) is 2.25. The van der Waals surface area contributed by atoms with Crippen molar-refractivity contribution in [3.63, 3.8) is 0 Å². The third kappa shape index (κ3) is 4.97. The summed E-state index contributed by atoms with van der Waals surface area (Å²) in [7, 11) is 0. The van der Waals surface area contributed by atoms with Crippen LogP contribution in [0.2, 0.25) is 0 Å². The predicted molar refractivity (Wildman–Crippen MR) is 78.3 cm³/mol. The van der Waals surface area contributed by atoms with Gasteiger partial charge in [0.05, 0.1) is 5.41 Å². The van der Waals surface area contributed by atoms with Crippen LogP contribution in [0.1, 0.15) is 61.3 Å². The third-order valence-corrected chi connectivity index (χ3v) is 3.71. The predicted octanol–water partition coefficient (Wildman–Crippen LogP) is 2.94. The Bertz CT molecular complexity index is 273. The molecule has 1 unspecified atom stereocenters. The summed E-state index contributed by atoms with van der Waals surface area (Å²) < 4.78 is 0. The van der Waals surface area contributed by atoms with Gasteiger partial charge in [0.1, 0.15) is 0 Å². The maximum absolute atomic E-state index is 12.5. The molecule has 0 aromatic rings. The topological polar surface area (TPSA) is 55.1 Å². The van der Waals surface area contributed by atoms with Crippen LogP contribution in [-0.4, -0.2) is 19.0 Å². The minimum Gasteiger partial charge on any atom is -0.356 e. The summed E-state index contributed by atoms with van der Waals surface area (Å²) >= 11 is 0. The van der Waals surface area contributed by atoms with Gasteiger partial charge >= 0.3 is 0 Å². The van der Waals surface area contributed by atoms with Gasteiger partial charge in [-0.05, 0) is 30.2 Å². The van der Waals surface area contributed by atoms with E-state index in [1.807, 2.05) is 0 Å². The van der Waals surface area contributed by atoms with E-state index in [0.717, 1.165) is 12.8 Å². The molecule has 0 aliphatic carbocycles. The van der Waals surface area contributed by atoms with Crippen LogP contribution < -0.4 is 11.1 Å². The van der Waals surface area contributed by atoms with E-state index in [-0.39, 0.29) is 22.2 Å². The van der Waals surface area contributed by atoms with E-state index in [0.29, 0.717) is 13.1 Å². The van der Waals surface area contributed by atoms with Gasteiger partial charge in [-0.15, -0.1) is 0 Å². The molecule has 0 aliphatic heterocycles. The maximum Gasteiger partial charge on any atom is 0.226 e. The van der Waals surface area contributed by atoms with Crippen molar-refractivity contribution in [1.82, 2.24) is 5.32 Å². The molecule has 0 bridgehead atoms. The number of carbonyl (C=O) groups is 1. The fraction of sp³-hybridized carbons (Fsp3) is 0.933. The van der Waals surface area contributed by atoms with Gasteiger partial charge in [-0.25, -0.2) is 0 Å². The summed E-state index contributed by atoms with van der Waals surface area (Å²) in [5.74, 6) is 0.151. The lowest BCUT2D eigenvalue weighted by Crippen LogP contribution is -2.49. The van der Waals surface area contributed by atoms with Crippen molar-refractivity contribution in [2.75, 3.05) is 13.1 Å². The summed E-state index contributed by atoms with van der Waals surface area (Å²) in [4.78, 5) is 12.5. The normalized spacial score (nSPS) is 16.2. The summed E-state index contributed by atoms with van der Waals surface area (Å²) in [5.41, 5.74) is 5.17. The Kier molecular flexibility index (Phi) is 5.86. The van der Waals surface area contributed by atoms with Gasteiger partial charge in [-0.2, -0.15) is 0 Å². The molecule has 3 heteroatoms. The molecular weight excluding hydrogens is 224 g/mol. The lowest BCUT2D eigenvalue weighted by Gasteiger charge is -2.44. The van der Waals surface area contributed by atoms with Crippen molar-refractivity contribution in [3.8, 4) is 0 Å². The van der Waals surface area contributed by atoms with E-state index in [1.54, 1.807) is 0 Å². The molecule has 0 fully saturated rings. The molecule has 0 radical (unpaired) electrons. The molecule has 3 N–H and O–H groups in total. The Morgan fingerprint density at radius 1 is 1.06 bits per heavy atom. The number of nitrogens with one attached hydrogen (secondary N) is 1. The monoisotopic (exact) mass is 256 g/mol. The van der Waals surface area contributed by atoms with Gasteiger partial charge in [-0.1, -0.05) is 48.5 Å². The van der Waals surface area contributed by atoms with E-state index >= 15 is 0 Å². The van der Waals surface area contributed by atoms with Crippen LogP contribution >= 0.6 is 0 Å². The molecule has 3 nitrogen and oxygen atoms in total. The van der Waals surface area contributed by atoms with Crippen LogP contribution in [0.3, 0.4) is 0 Å². The first-order valence-electron chi connectivity index (χ1n) is 6.92.